The van der Waals surface area contributed by atoms with Crippen molar-refractivity contribution in [2.75, 3.05) is 7.11 Å². The normalized spacial score (nSPS) is 11.8. The average molecular weight is 178 g/mol. The number of hydrogen-bond acceptors (Lipinski definition) is 2. The highest BCUT2D eigenvalue weighted by molar-refractivity contribution is 5.49. The third-order valence-corrected chi connectivity index (χ3v) is 1.88. The third kappa shape index (κ3) is 2.21. The Bertz CT molecular complexity index is 286. The van der Waals surface area contributed by atoms with Gasteiger partial charge in [-0.05, 0) is 13.0 Å². The van der Waals surface area contributed by atoms with Crippen LogP contribution >= 0.6 is 0 Å². The van der Waals surface area contributed by atoms with E-state index in [-0.39, 0.29) is 6.04 Å². The molecule has 1 unspecified atom stereocenters. The van der Waals surface area contributed by atoms with Gasteiger partial charge < -0.3 is 10.1 Å². The minimum absolute atomic E-state index is 0.0753. The second-order valence-corrected chi connectivity index (χ2v) is 2.71. The average Bonchev–Trinajstić information content (AvgIpc) is 2.18. The molecular formula is C10H12NO2. The van der Waals surface area contributed by atoms with Gasteiger partial charge in [-0.15, -0.1) is 0 Å². The van der Waals surface area contributed by atoms with Gasteiger partial charge in [0.2, 0.25) is 0 Å². The zero-order valence-corrected chi connectivity index (χ0v) is 7.70. The van der Waals surface area contributed by atoms with Crippen LogP contribution in [-0.2, 0) is 4.79 Å². The largest absolute Gasteiger partial charge is 0.496 e. The molecule has 0 saturated heterocycles. The molecule has 3 nitrogen and oxygen atoms in total. The number of nitrogens with one attached hydrogen (secondary N) is 1. The van der Waals surface area contributed by atoms with E-state index in [9.17, 15) is 4.79 Å². The molecule has 0 saturated carbocycles. The van der Waals surface area contributed by atoms with Crippen LogP contribution in [0, 0.1) is 0 Å². The number of methoxy groups -OCH3 is 1. The van der Waals surface area contributed by atoms with Crippen molar-refractivity contribution in [1.29, 1.82) is 0 Å². The van der Waals surface area contributed by atoms with Crippen LogP contribution in [0.25, 0.3) is 0 Å². The van der Waals surface area contributed by atoms with E-state index in [1.807, 2.05) is 31.2 Å². The summed E-state index contributed by atoms with van der Waals surface area (Å²) >= 11 is 0. The second-order valence-electron chi connectivity index (χ2n) is 2.71. The molecule has 1 aromatic carbocycles. The number of amides is 1. The van der Waals surface area contributed by atoms with Crippen molar-refractivity contribution >= 4 is 6.41 Å². The third-order valence-electron chi connectivity index (χ3n) is 1.88. The molecule has 69 valence electrons. The van der Waals surface area contributed by atoms with Gasteiger partial charge in [0.25, 0.3) is 0 Å². The Kier molecular flexibility index (Phi) is 3.31. The Labute approximate surface area is 77.7 Å². The molecule has 3 heteroatoms. The summed E-state index contributed by atoms with van der Waals surface area (Å²) in [4.78, 5) is 10.1. The van der Waals surface area contributed by atoms with Gasteiger partial charge in [-0.2, -0.15) is 0 Å². The Morgan fingerprint density at radius 2 is 2.15 bits per heavy atom. The summed E-state index contributed by atoms with van der Waals surface area (Å²) < 4.78 is 5.14. The predicted molar refractivity (Wildman–Crippen MR) is 50.2 cm³/mol. The summed E-state index contributed by atoms with van der Waals surface area (Å²) in [5.41, 5.74) is 0.952. The summed E-state index contributed by atoms with van der Waals surface area (Å²) in [6, 6.07) is 7.49. The fourth-order valence-corrected chi connectivity index (χ4v) is 1.19. The fraction of sp³-hybridized carbons (Fsp3) is 0.300. The number of carbonyl (C=O) groups excluding carboxylic acids is 1. The smallest absolute Gasteiger partial charge is 0.309 e. The van der Waals surface area contributed by atoms with Crippen molar-refractivity contribution < 1.29 is 9.53 Å². The molecule has 0 aliphatic carbocycles. The Morgan fingerprint density at radius 1 is 1.46 bits per heavy atom. The highest BCUT2D eigenvalue weighted by atomic mass is 16.5. The van der Waals surface area contributed by atoms with Gasteiger partial charge in [-0.3, -0.25) is 4.79 Å². The van der Waals surface area contributed by atoms with Crippen molar-refractivity contribution in [2.24, 2.45) is 0 Å². The van der Waals surface area contributed by atoms with Gasteiger partial charge in [0.15, 0.2) is 0 Å². The molecule has 0 aliphatic rings. The van der Waals surface area contributed by atoms with Gasteiger partial charge in [-0.25, -0.2) is 0 Å². The first-order chi connectivity index (χ1) is 6.29. The van der Waals surface area contributed by atoms with Crippen LogP contribution in [-0.4, -0.2) is 13.5 Å². The Balaban J connectivity index is 2.91. The Hall–Kier alpha value is -1.51. The molecule has 0 aliphatic heterocycles. The van der Waals surface area contributed by atoms with E-state index in [0.717, 1.165) is 11.3 Å². The highest BCUT2D eigenvalue weighted by Crippen LogP contribution is 2.23. The molecule has 1 radical (unpaired) electrons. The van der Waals surface area contributed by atoms with Crippen molar-refractivity contribution in [2.45, 2.75) is 13.0 Å². The summed E-state index contributed by atoms with van der Waals surface area (Å²) in [5, 5.41) is 2.55. The van der Waals surface area contributed by atoms with E-state index < -0.39 is 0 Å². The van der Waals surface area contributed by atoms with Crippen molar-refractivity contribution in [3.63, 3.8) is 0 Å². The van der Waals surface area contributed by atoms with Crippen LogP contribution in [0.1, 0.15) is 18.5 Å². The summed E-state index contributed by atoms with van der Waals surface area (Å²) in [6.07, 6.45) is 1.66. The number of rotatable bonds is 4. The molecule has 1 amide bonds. The summed E-state index contributed by atoms with van der Waals surface area (Å²) in [7, 11) is 1.61. The highest BCUT2D eigenvalue weighted by Gasteiger charge is 2.08. The van der Waals surface area contributed by atoms with E-state index >= 15 is 0 Å². The summed E-state index contributed by atoms with van der Waals surface area (Å²) in [6.45, 7) is 1.88. The molecule has 0 aromatic heterocycles. The Morgan fingerprint density at radius 3 is 2.77 bits per heavy atom. The lowest BCUT2D eigenvalue weighted by Gasteiger charge is -2.13. The lowest BCUT2D eigenvalue weighted by molar-refractivity contribution is 0.404. The quantitative estimate of drug-likeness (QED) is 0.708. The van der Waals surface area contributed by atoms with Crippen LogP contribution in [0.2, 0.25) is 0 Å². The minimum Gasteiger partial charge on any atom is -0.496 e. The molecule has 13 heavy (non-hydrogen) atoms. The van der Waals surface area contributed by atoms with Crippen molar-refractivity contribution in [1.82, 2.24) is 5.32 Å². The van der Waals surface area contributed by atoms with E-state index in [0.29, 0.717) is 0 Å². The molecule has 0 bridgehead atoms. The zero-order valence-electron chi connectivity index (χ0n) is 7.70. The lowest BCUT2D eigenvalue weighted by atomic mass is 10.1. The molecular weight excluding hydrogens is 166 g/mol. The topological polar surface area (TPSA) is 38.3 Å². The minimum atomic E-state index is -0.0753. The number of benzene rings is 1. The SMILES string of the molecule is COc1ccccc1C(C)N[C]=O. The van der Waals surface area contributed by atoms with Crippen LogP contribution in [0.3, 0.4) is 0 Å². The lowest BCUT2D eigenvalue weighted by Crippen LogP contribution is -2.16. The van der Waals surface area contributed by atoms with Crippen molar-refractivity contribution in [3.8, 4) is 5.75 Å². The molecule has 0 heterocycles. The van der Waals surface area contributed by atoms with Crippen LogP contribution in [0.5, 0.6) is 5.75 Å². The monoisotopic (exact) mass is 178 g/mol. The molecule has 0 fully saturated rings. The molecule has 1 N–H and O–H groups in total. The van der Waals surface area contributed by atoms with E-state index in [1.165, 1.54) is 0 Å². The maximum absolute atomic E-state index is 10.1. The van der Waals surface area contributed by atoms with Gasteiger partial charge in [-0.1, -0.05) is 18.2 Å². The maximum Gasteiger partial charge on any atom is 0.309 e. The fourth-order valence-electron chi connectivity index (χ4n) is 1.19. The number of ether oxygens (including phenoxy) is 1. The molecule has 1 atom stereocenters. The standard InChI is InChI=1S/C10H12NO2/c1-8(11-7-12)9-5-3-4-6-10(9)13-2/h3-6,8H,1-2H3,(H,11,12). The van der Waals surface area contributed by atoms with E-state index in [2.05, 4.69) is 5.32 Å². The second kappa shape index (κ2) is 4.50. The number of para-hydroxylation sites is 1. The number of hydrogen-bond donors (Lipinski definition) is 1. The van der Waals surface area contributed by atoms with Crippen LogP contribution in [0.15, 0.2) is 24.3 Å². The van der Waals surface area contributed by atoms with Gasteiger partial charge in [0, 0.05) is 5.56 Å². The first kappa shape index (κ1) is 9.58. The first-order valence-corrected chi connectivity index (χ1v) is 4.05. The van der Waals surface area contributed by atoms with Crippen molar-refractivity contribution in [3.05, 3.63) is 29.8 Å². The van der Waals surface area contributed by atoms with Gasteiger partial charge in [0.05, 0.1) is 13.2 Å². The van der Waals surface area contributed by atoms with E-state index in [4.69, 9.17) is 4.74 Å². The van der Waals surface area contributed by atoms with Gasteiger partial charge >= 0.3 is 6.41 Å². The summed E-state index contributed by atoms with van der Waals surface area (Å²) in [5.74, 6) is 0.776. The molecule has 0 spiro atoms. The zero-order chi connectivity index (χ0) is 9.68. The van der Waals surface area contributed by atoms with Crippen LogP contribution < -0.4 is 10.1 Å². The predicted octanol–water partition coefficient (Wildman–Crippen LogP) is 1.41. The van der Waals surface area contributed by atoms with E-state index in [1.54, 1.807) is 13.5 Å². The first-order valence-electron chi connectivity index (χ1n) is 4.05. The van der Waals surface area contributed by atoms with Crippen LogP contribution in [0.4, 0.5) is 0 Å². The van der Waals surface area contributed by atoms with Gasteiger partial charge in [0.1, 0.15) is 5.75 Å². The molecule has 1 rings (SSSR count). The molecule has 1 aromatic rings. The maximum atomic E-state index is 10.1.